The molecule has 27 heavy (non-hydrogen) atoms. The number of rotatable bonds is 4. The number of carbonyl (C=O) groups is 1. The van der Waals surface area contributed by atoms with E-state index in [1.807, 2.05) is 73.7 Å². The predicted molar refractivity (Wildman–Crippen MR) is 108 cm³/mol. The Morgan fingerprint density at radius 3 is 2.48 bits per heavy atom. The number of carbonyl (C=O) groups excluding carboxylic acids is 1. The summed E-state index contributed by atoms with van der Waals surface area (Å²) in [6.07, 6.45) is 1.64. The minimum atomic E-state index is -0.139. The third-order valence-electron chi connectivity index (χ3n) is 4.51. The number of pyridine rings is 2. The molecule has 2 aromatic carbocycles. The van der Waals surface area contributed by atoms with Gasteiger partial charge in [-0.3, -0.25) is 14.8 Å². The lowest BCUT2D eigenvalue weighted by Gasteiger charge is -2.24. The van der Waals surface area contributed by atoms with Crippen LogP contribution < -0.4 is 4.90 Å². The first-order chi connectivity index (χ1) is 13.2. The van der Waals surface area contributed by atoms with E-state index in [1.54, 1.807) is 23.2 Å². The van der Waals surface area contributed by atoms with Gasteiger partial charge in [0.25, 0.3) is 5.91 Å². The van der Waals surface area contributed by atoms with E-state index in [0.717, 1.165) is 27.8 Å². The molecule has 0 bridgehead atoms. The van der Waals surface area contributed by atoms with E-state index in [4.69, 9.17) is 4.98 Å². The number of anilines is 1. The summed E-state index contributed by atoms with van der Waals surface area (Å²) in [4.78, 5) is 23.9. The van der Waals surface area contributed by atoms with Crippen molar-refractivity contribution >= 4 is 22.5 Å². The standard InChI is InChI=1S/C23H19N3O/c1-17-8-2-5-12-22(17)26(23(27)21-11-6-7-15-24-21)16-19-14-13-18-9-3-4-10-20(18)25-19/h2-15H,16H2,1H3. The van der Waals surface area contributed by atoms with E-state index < -0.39 is 0 Å². The summed E-state index contributed by atoms with van der Waals surface area (Å²) in [5.41, 5.74) is 4.07. The Balaban J connectivity index is 1.75. The van der Waals surface area contributed by atoms with Gasteiger partial charge < -0.3 is 4.90 Å². The number of aryl methyl sites for hydroxylation is 1. The van der Waals surface area contributed by atoms with Gasteiger partial charge in [0, 0.05) is 17.3 Å². The SMILES string of the molecule is Cc1ccccc1N(Cc1ccc2ccccc2n1)C(=O)c1ccccn1. The molecule has 0 N–H and O–H groups in total. The van der Waals surface area contributed by atoms with Crippen LogP contribution in [0.3, 0.4) is 0 Å². The second-order valence-corrected chi connectivity index (χ2v) is 6.39. The lowest BCUT2D eigenvalue weighted by Crippen LogP contribution is -2.32. The van der Waals surface area contributed by atoms with Crippen molar-refractivity contribution in [3.63, 3.8) is 0 Å². The monoisotopic (exact) mass is 353 g/mol. The van der Waals surface area contributed by atoms with Gasteiger partial charge in [0.05, 0.1) is 17.8 Å². The summed E-state index contributed by atoms with van der Waals surface area (Å²) in [6.45, 7) is 2.38. The number of benzene rings is 2. The smallest absolute Gasteiger partial charge is 0.277 e. The molecule has 4 aromatic rings. The Bertz CT molecular complexity index is 1090. The van der Waals surface area contributed by atoms with Crippen LogP contribution in [0.15, 0.2) is 85.1 Å². The van der Waals surface area contributed by atoms with Crippen LogP contribution in [0.5, 0.6) is 0 Å². The molecule has 0 aliphatic carbocycles. The number of nitrogens with zero attached hydrogens (tertiary/aromatic N) is 3. The number of aromatic nitrogens is 2. The van der Waals surface area contributed by atoms with Gasteiger partial charge in [-0.15, -0.1) is 0 Å². The number of hydrogen-bond donors (Lipinski definition) is 0. The summed E-state index contributed by atoms with van der Waals surface area (Å²) in [6, 6.07) is 25.2. The van der Waals surface area contributed by atoms with Crippen molar-refractivity contribution in [2.24, 2.45) is 0 Å². The Hall–Kier alpha value is -3.53. The molecule has 4 nitrogen and oxygen atoms in total. The molecular formula is C23H19N3O. The van der Waals surface area contributed by atoms with E-state index in [2.05, 4.69) is 4.98 Å². The lowest BCUT2D eigenvalue weighted by atomic mass is 10.1. The zero-order chi connectivity index (χ0) is 18.6. The highest BCUT2D eigenvalue weighted by Crippen LogP contribution is 2.24. The third-order valence-corrected chi connectivity index (χ3v) is 4.51. The molecular weight excluding hydrogens is 334 g/mol. The Morgan fingerprint density at radius 2 is 1.67 bits per heavy atom. The summed E-state index contributed by atoms with van der Waals surface area (Å²) < 4.78 is 0. The summed E-state index contributed by atoms with van der Waals surface area (Å²) >= 11 is 0. The van der Waals surface area contributed by atoms with Crippen molar-refractivity contribution in [3.8, 4) is 0 Å². The van der Waals surface area contributed by atoms with E-state index in [1.165, 1.54) is 0 Å². The topological polar surface area (TPSA) is 46.1 Å². The molecule has 0 saturated heterocycles. The summed E-state index contributed by atoms with van der Waals surface area (Å²) in [5.74, 6) is -0.139. The van der Waals surface area contributed by atoms with Gasteiger partial charge in [-0.25, -0.2) is 0 Å². The van der Waals surface area contributed by atoms with Crippen LogP contribution in [0.2, 0.25) is 0 Å². The molecule has 2 aromatic heterocycles. The van der Waals surface area contributed by atoms with E-state index >= 15 is 0 Å². The Kier molecular flexibility index (Phi) is 4.62. The maximum Gasteiger partial charge on any atom is 0.277 e. The predicted octanol–water partition coefficient (Wildman–Crippen LogP) is 4.79. The van der Waals surface area contributed by atoms with Crippen molar-refractivity contribution in [3.05, 3.63) is 102 Å². The minimum absolute atomic E-state index is 0.139. The van der Waals surface area contributed by atoms with Gasteiger partial charge >= 0.3 is 0 Å². The highest BCUT2D eigenvalue weighted by molar-refractivity contribution is 6.05. The number of hydrogen-bond acceptors (Lipinski definition) is 3. The lowest BCUT2D eigenvalue weighted by molar-refractivity contribution is 0.0980. The second kappa shape index (κ2) is 7.38. The van der Waals surface area contributed by atoms with Gasteiger partial charge in [-0.1, -0.05) is 48.5 Å². The minimum Gasteiger partial charge on any atom is -0.301 e. The molecule has 4 rings (SSSR count). The molecule has 0 saturated carbocycles. The molecule has 0 aliphatic heterocycles. The van der Waals surface area contributed by atoms with E-state index in [9.17, 15) is 4.79 Å². The summed E-state index contributed by atoms with van der Waals surface area (Å²) in [5, 5.41) is 1.08. The van der Waals surface area contributed by atoms with Crippen LogP contribution in [0.25, 0.3) is 10.9 Å². The molecule has 0 fully saturated rings. The fraction of sp³-hybridized carbons (Fsp3) is 0.0870. The van der Waals surface area contributed by atoms with Crippen LogP contribution in [-0.2, 0) is 6.54 Å². The van der Waals surface area contributed by atoms with Crippen molar-refractivity contribution in [2.45, 2.75) is 13.5 Å². The van der Waals surface area contributed by atoms with Gasteiger partial charge in [0.2, 0.25) is 0 Å². The molecule has 2 heterocycles. The molecule has 132 valence electrons. The first-order valence-electron chi connectivity index (χ1n) is 8.85. The molecule has 0 aliphatic rings. The van der Waals surface area contributed by atoms with Gasteiger partial charge in [-0.2, -0.15) is 0 Å². The van der Waals surface area contributed by atoms with Crippen LogP contribution in [0, 0.1) is 6.92 Å². The highest BCUT2D eigenvalue weighted by Gasteiger charge is 2.21. The Labute approximate surface area is 158 Å². The van der Waals surface area contributed by atoms with Crippen molar-refractivity contribution in [2.75, 3.05) is 4.90 Å². The zero-order valence-electron chi connectivity index (χ0n) is 15.0. The fourth-order valence-corrected chi connectivity index (χ4v) is 3.12. The van der Waals surface area contributed by atoms with Crippen molar-refractivity contribution in [1.29, 1.82) is 0 Å². The molecule has 0 atom stereocenters. The largest absolute Gasteiger partial charge is 0.301 e. The molecule has 0 unspecified atom stereocenters. The number of para-hydroxylation sites is 2. The third kappa shape index (κ3) is 3.55. The average Bonchev–Trinajstić information content (AvgIpc) is 2.73. The quantitative estimate of drug-likeness (QED) is 0.530. The van der Waals surface area contributed by atoms with Crippen molar-refractivity contribution < 1.29 is 4.79 Å². The average molecular weight is 353 g/mol. The molecule has 0 radical (unpaired) electrons. The van der Waals surface area contributed by atoms with Crippen LogP contribution in [0.4, 0.5) is 5.69 Å². The molecule has 0 spiro atoms. The van der Waals surface area contributed by atoms with E-state index in [0.29, 0.717) is 12.2 Å². The highest BCUT2D eigenvalue weighted by atomic mass is 16.2. The maximum atomic E-state index is 13.2. The van der Waals surface area contributed by atoms with Crippen LogP contribution >= 0.6 is 0 Å². The number of amides is 1. The normalized spacial score (nSPS) is 10.7. The van der Waals surface area contributed by atoms with E-state index in [-0.39, 0.29) is 5.91 Å². The fourth-order valence-electron chi connectivity index (χ4n) is 3.12. The maximum absolute atomic E-state index is 13.2. The zero-order valence-corrected chi connectivity index (χ0v) is 15.0. The first-order valence-corrected chi connectivity index (χ1v) is 8.85. The number of fused-ring (bicyclic) bond motifs is 1. The second-order valence-electron chi connectivity index (χ2n) is 6.39. The van der Waals surface area contributed by atoms with Crippen molar-refractivity contribution in [1.82, 2.24) is 9.97 Å². The molecule has 4 heteroatoms. The van der Waals surface area contributed by atoms with Crippen LogP contribution in [-0.4, -0.2) is 15.9 Å². The molecule has 1 amide bonds. The summed E-state index contributed by atoms with van der Waals surface area (Å²) in [7, 11) is 0. The van der Waals surface area contributed by atoms with Gasteiger partial charge in [0.15, 0.2) is 0 Å². The van der Waals surface area contributed by atoms with Crippen LogP contribution in [0.1, 0.15) is 21.7 Å². The Morgan fingerprint density at radius 1 is 0.889 bits per heavy atom. The van der Waals surface area contributed by atoms with Gasteiger partial charge in [-0.05, 0) is 42.8 Å². The van der Waals surface area contributed by atoms with Gasteiger partial charge in [0.1, 0.15) is 5.69 Å². The first kappa shape index (κ1) is 16.9.